The minimum Gasteiger partial charge on any atom is -0.310 e. The molecule has 1 aliphatic carbocycles. The van der Waals surface area contributed by atoms with Crippen LogP contribution in [-0.4, -0.2) is 12.1 Å². The van der Waals surface area contributed by atoms with Crippen LogP contribution in [0.5, 0.6) is 0 Å². The molecule has 0 amide bonds. The summed E-state index contributed by atoms with van der Waals surface area (Å²) in [6, 6.07) is 3.19. The van der Waals surface area contributed by atoms with E-state index in [0.717, 1.165) is 11.8 Å². The summed E-state index contributed by atoms with van der Waals surface area (Å²) in [4.78, 5) is 0. The highest BCUT2D eigenvalue weighted by atomic mass is 15.0. The Morgan fingerprint density at radius 3 is 2.79 bits per heavy atom. The second-order valence-electron chi connectivity index (χ2n) is 4.80. The highest BCUT2D eigenvalue weighted by Crippen LogP contribution is 2.29. The van der Waals surface area contributed by atoms with E-state index in [-0.39, 0.29) is 0 Å². The molecule has 4 unspecified atom stereocenters. The zero-order valence-electron chi connectivity index (χ0n) is 9.59. The number of nitriles is 1. The first kappa shape index (κ1) is 11.5. The van der Waals surface area contributed by atoms with E-state index in [1.807, 2.05) is 0 Å². The average molecular weight is 194 g/mol. The van der Waals surface area contributed by atoms with E-state index >= 15 is 0 Å². The van der Waals surface area contributed by atoms with E-state index in [0.29, 0.717) is 18.5 Å². The predicted molar refractivity (Wildman–Crippen MR) is 58.8 cm³/mol. The van der Waals surface area contributed by atoms with E-state index in [9.17, 15) is 0 Å². The Kier molecular flexibility index (Phi) is 4.41. The van der Waals surface area contributed by atoms with Gasteiger partial charge in [0.2, 0.25) is 0 Å². The third kappa shape index (κ3) is 2.99. The van der Waals surface area contributed by atoms with Crippen LogP contribution in [0.1, 0.15) is 46.5 Å². The minimum atomic E-state index is 0.345. The summed E-state index contributed by atoms with van der Waals surface area (Å²) < 4.78 is 0. The molecule has 1 rings (SSSR count). The molecule has 0 aromatic carbocycles. The third-order valence-corrected chi connectivity index (χ3v) is 3.60. The van der Waals surface area contributed by atoms with Crippen LogP contribution >= 0.6 is 0 Å². The molecule has 1 N–H and O–H groups in total. The Morgan fingerprint density at radius 1 is 1.43 bits per heavy atom. The zero-order chi connectivity index (χ0) is 10.6. The molecule has 2 heteroatoms. The summed E-state index contributed by atoms with van der Waals surface area (Å²) in [5.74, 6) is 1.58. The van der Waals surface area contributed by atoms with Gasteiger partial charge in [0, 0.05) is 12.1 Å². The lowest BCUT2D eigenvalue weighted by Crippen LogP contribution is -2.44. The number of nitrogens with one attached hydrogen (secondary N) is 1. The Morgan fingerprint density at radius 2 is 2.14 bits per heavy atom. The number of hydrogen-bond acceptors (Lipinski definition) is 2. The van der Waals surface area contributed by atoms with Gasteiger partial charge in [0.1, 0.15) is 0 Å². The fraction of sp³-hybridized carbons (Fsp3) is 0.917. The normalized spacial score (nSPS) is 34.9. The molecule has 0 spiro atoms. The van der Waals surface area contributed by atoms with Gasteiger partial charge >= 0.3 is 0 Å². The Balaban J connectivity index is 2.39. The smallest absolute Gasteiger partial charge is 0.0638 e. The predicted octanol–water partition coefficient (Wildman–Crippen LogP) is 2.70. The van der Waals surface area contributed by atoms with Crippen LogP contribution in [-0.2, 0) is 0 Å². The second kappa shape index (κ2) is 5.36. The van der Waals surface area contributed by atoms with Crippen molar-refractivity contribution in [3.63, 3.8) is 0 Å². The number of hydrogen-bond donors (Lipinski definition) is 1. The summed E-state index contributed by atoms with van der Waals surface area (Å²) in [7, 11) is 0. The molecule has 0 saturated heterocycles. The van der Waals surface area contributed by atoms with Crippen LogP contribution in [0.15, 0.2) is 0 Å². The van der Waals surface area contributed by atoms with Crippen LogP contribution in [0.25, 0.3) is 0 Å². The molecule has 80 valence electrons. The van der Waals surface area contributed by atoms with Gasteiger partial charge in [0.15, 0.2) is 0 Å². The van der Waals surface area contributed by atoms with Crippen molar-refractivity contribution in [2.24, 2.45) is 11.8 Å². The zero-order valence-corrected chi connectivity index (χ0v) is 9.59. The third-order valence-electron chi connectivity index (χ3n) is 3.60. The van der Waals surface area contributed by atoms with Gasteiger partial charge in [-0.1, -0.05) is 26.7 Å². The molecular weight excluding hydrogens is 172 g/mol. The van der Waals surface area contributed by atoms with E-state index in [4.69, 9.17) is 5.26 Å². The van der Waals surface area contributed by atoms with E-state index < -0.39 is 0 Å². The first-order valence-corrected chi connectivity index (χ1v) is 5.78. The van der Waals surface area contributed by atoms with Crippen molar-refractivity contribution in [2.75, 3.05) is 0 Å². The summed E-state index contributed by atoms with van der Waals surface area (Å²) in [5.41, 5.74) is 0. The molecule has 0 bridgehead atoms. The van der Waals surface area contributed by atoms with Gasteiger partial charge in [-0.05, 0) is 25.2 Å². The van der Waals surface area contributed by atoms with Crippen molar-refractivity contribution in [2.45, 2.75) is 58.5 Å². The first-order valence-electron chi connectivity index (χ1n) is 5.78. The van der Waals surface area contributed by atoms with E-state index in [2.05, 4.69) is 32.2 Å². The van der Waals surface area contributed by atoms with Gasteiger partial charge in [-0.15, -0.1) is 0 Å². The highest BCUT2D eigenvalue weighted by molar-refractivity contribution is 4.86. The average Bonchev–Trinajstić information content (AvgIpc) is 2.13. The van der Waals surface area contributed by atoms with Gasteiger partial charge in [-0.25, -0.2) is 0 Å². The summed E-state index contributed by atoms with van der Waals surface area (Å²) in [5, 5.41) is 12.2. The van der Waals surface area contributed by atoms with E-state index in [1.165, 1.54) is 19.3 Å². The molecule has 14 heavy (non-hydrogen) atoms. The van der Waals surface area contributed by atoms with Crippen molar-refractivity contribution >= 4 is 0 Å². The van der Waals surface area contributed by atoms with Gasteiger partial charge in [-0.3, -0.25) is 0 Å². The molecule has 1 saturated carbocycles. The van der Waals surface area contributed by atoms with Crippen molar-refractivity contribution in [3.05, 3.63) is 0 Å². The Bertz CT molecular complexity index is 207. The number of nitrogens with zero attached hydrogens (tertiary/aromatic N) is 1. The maximum absolute atomic E-state index is 8.59. The minimum absolute atomic E-state index is 0.345. The fourth-order valence-electron chi connectivity index (χ4n) is 2.38. The Hall–Kier alpha value is -0.550. The van der Waals surface area contributed by atoms with Crippen LogP contribution in [0.2, 0.25) is 0 Å². The molecule has 1 aliphatic rings. The second-order valence-corrected chi connectivity index (χ2v) is 4.80. The molecule has 1 fully saturated rings. The Labute approximate surface area is 87.7 Å². The van der Waals surface area contributed by atoms with Crippen molar-refractivity contribution in [1.82, 2.24) is 5.32 Å². The van der Waals surface area contributed by atoms with Crippen molar-refractivity contribution in [1.29, 1.82) is 5.26 Å². The standard InChI is InChI=1S/C12H22N2/c1-9-5-4-6-12(11(9)3)14-10(2)7-8-13/h9-12,14H,4-7H2,1-3H3. The largest absolute Gasteiger partial charge is 0.310 e. The molecule has 4 atom stereocenters. The molecule has 0 heterocycles. The van der Waals surface area contributed by atoms with Gasteiger partial charge < -0.3 is 5.32 Å². The summed E-state index contributed by atoms with van der Waals surface area (Å²) in [6.45, 7) is 6.78. The SMILES string of the molecule is CC(CC#N)NC1CCCC(C)C1C. The molecule has 2 nitrogen and oxygen atoms in total. The lowest BCUT2D eigenvalue weighted by Gasteiger charge is -2.36. The maximum atomic E-state index is 8.59. The number of rotatable bonds is 3. The van der Waals surface area contributed by atoms with Crippen LogP contribution in [0.4, 0.5) is 0 Å². The van der Waals surface area contributed by atoms with Gasteiger partial charge in [0.25, 0.3) is 0 Å². The molecule has 0 aromatic heterocycles. The fourth-order valence-corrected chi connectivity index (χ4v) is 2.38. The molecule has 0 aromatic rings. The summed E-state index contributed by atoms with van der Waals surface area (Å²) in [6.07, 6.45) is 4.60. The monoisotopic (exact) mass is 194 g/mol. The molecule has 0 aliphatic heterocycles. The highest BCUT2D eigenvalue weighted by Gasteiger charge is 2.27. The van der Waals surface area contributed by atoms with Crippen LogP contribution in [0.3, 0.4) is 0 Å². The first-order chi connectivity index (χ1) is 6.65. The quantitative estimate of drug-likeness (QED) is 0.750. The van der Waals surface area contributed by atoms with Crippen molar-refractivity contribution < 1.29 is 0 Å². The van der Waals surface area contributed by atoms with Crippen LogP contribution in [0, 0.1) is 23.2 Å². The topological polar surface area (TPSA) is 35.8 Å². The molecular formula is C12H22N2. The van der Waals surface area contributed by atoms with Crippen molar-refractivity contribution in [3.8, 4) is 6.07 Å². The lowest BCUT2D eigenvalue weighted by molar-refractivity contribution is 0.196. The van der Waals surface area contributed by atoms with Crippen LogP contribution < -0.4 is 5.32 Å². The van der Waals surface area contributed by atoms with Gasteiger partial charge in [0.05, 0.1) is 12.5 Å². The van der Waals surface area contributed by atoms with Gasteiger partial charge in [-0.2, -0.15) is 5.26 Å². The lowest BCUT2D eigenvalue weighted by atomic mass is 9.78. The van der Waals surface area contributed by atoms with E-state index in [1.54, 1.807) is 0 Å². The molecule has 0 radical (unpaired) electrons. The maximum Gasteiger partial charge on any atom is 0.0638 e. The summed E-state index contributed by atoms with van der Waals surface area (Å²) >= 11 is 0.